The van der Waals surface area contributed by atoms with Crippen LogP contribution in [-0.2, 0) is 20.9 Å². The van der Waals surface area contributed by atoms with Crippen molar-refractivity contribution in [2.45, 2.75) is 6.61 Å². The molecular weight excluding hydrogens is 428 g/mol. The van der Waals surface area contributed by atoms with Gasteiger partial charge in [0, 0.05) is 10.6 Å². The van der Waals surface area contributed by atoms with Gasteiger partial charge < -0.3 is 19.5 Å². The summed E-state index contributed by atoms with van der Waals surface area (Å²) in [4.78, 5) is 25.1. The number of hydrogen-bond acceptors (Lipinski definition) is 6. The molecule has 2 aromatic rings. The van der Waals surface area contributed by atoms with Gasteiger partial charge in [-0.1, -0.05) is 35.9 Å². The molecule has 0 bridgehead atoms. The van der Waals surface area contributed by atoms with Gasteiger partial charge in [0.15, 0.2) is 16.6 Å². The van der Waals surface area contributed by atoms with Gasteiger partial charge in [0.1, 0.15) is 18.8 Å². The van der Waals surface area contributed by atoms with Crippen molar-refractivity contribution in [1.82, 2.24) is 10.2 Å². The Labute approximate surface area is 184 Å². The average Bonchev–Trinajstić information content (AvgIpc) is 3.00. The van der Waals surface area contributed by atoms with E-state index >= 15 is 0 Å². The Hall–Kier alpha value is -3.10. The molecule has 0 spiro atoms. The highest BCUT2D eigenvalue weighted by atomic mass is 35.5. The summed E-state index contributed by atoms with van der Waals surface area (Å²) in [5.41, 5.74) is 1.79. The van der Waals surface area contributed by atoms with Gasteiger partial charge in [-0.3, -0.25) is 14.5 Å². The van der Waals surface area contributed by atoms with Gasteiger partial charge in [-0.2, -0.15) is 0 Å². The van der Waals surface area contributed by atoms with E-state index in [1.807, 2.05) is 18.2 Å². The average molecular weight is 447 g/mol. The molecule has 0 unspecified atom stereocenters. The number of hydrogen-bond donors (Lipinski definition) is 1. The maximum absolute atomic E-state index is 12.5. The van der Waals surface area contributed by atoms with E-state index in [1.54, 1.807) is 30.3 Å². The van der Waals surface area contributed by atoms with Crippen LogP contribution in [0.5, 0.6) is 11.5 Å². The van der Waals surface area contributed by atoms with E-state index in [9.17, 15) is 9.59 Å². The molecule has 1 fully saturated rings. The van der Waals surface area contributed by atoms with Crippen LogP contribution in [-0.4, -0.2) is 42.7 Å². The van der Waals surface area contributed by atoms with Gasteiger partial charge in [0.25, 0.3) is 5.91 Å². The molecule has 0 aromatic heterocycles. The van der Waals surface area contributed by atoms with Crippen molar-refractivity contribution in [1.29, 1.82) is 0 Å². The second-order valence-corrected chi connectivity index (χ2v) is 7.04. The molecule has 1 heterocycles. The Kier molecular flexibility index (Phi) is 6.91. The minimum Gasteiger partial charge on any atom is -0.493 e. The predicted molar refractivity (Wildman–Crippen MR) is 116 cm³/mol. The highest BCUT2D eigenvalue weighted by molar-refractivity contribution is 7.80. The molecule has 1 aliphatic heterocycles. The van der Waals surface area contributed by atoms with E-state index in [2.05, 4.69) is 10.1 Å². The van der Waals surface area contributed by atoms with Crippen molar-refractivity contribution in [2.24, 2.45) is 0 Å². The quantitative estimate of drug-likeness (QED) is 0.397. The van der Waals surface area contributed by atoms with Crippen LogP contribution < -0.4 is 14.8 Å². The van der Waals surface area contributed by atoms with Crippen LogP contribution in [0.15, 0.2) is 48.2 Å². The third kappa shape index (κ3) is 4.90. The standard InChI is InChI=1S/C21H19ClN2O5S/c1-27-18-10-13(7-8-17(18)29-12-14-5-3-4-6-15(14)22)9-16-20(26)24(21(30)23-16)11-19(25)28-2/h3-10H,11-12H2,1-2H3,(H,23,30)/b16-9-. The Balaban J connectivity index is 1.76. The summed E-state index contributed by atoms with van der Waals surface area (Å²) in [5.74, 6) is 0.0582. The fraction of sp³-hybridized carbons (Fsp3) is 0.190. The maximum atomic E-state index is 12.5. The zero-order chi connectivity index (χ0) is 21.7. The number of benzene rings is 2. The molecule has 7 nitrogen and oxygen atoms in total. The van der Waals surface area contributed by atoms with Gasteiger partial charge in [0.05, 0.1) is 14.2 Å². The lowest BCUT2D eigenvalue weighted by Gasteiger charge is -2.12. The smallest absolute Gasteiger partial charge is 0.325 e. The molecule has 0 radical (unpaired) electrons. The normalized spacial score (nSPS) is 14.6. The number of methoxy groups -OCH3 is 2. The zero-order valence-corrected chi connectivity index (χ0v) is 17.9. The SMILES string of the molecule is COC(=O)CN1C(=O)/C(=C/c2ccc(OCc3ccccc3Cl)c(OC)c2)NC1=S. The summed E-state index contributed by atoms with van der Waals surface area (Å²) in [6.45, 7) is 0.0317. The highest BCUT2D eigenvalue weighted by Gasteiger charge is 2.32. The number of amides is 1. The predicted octanol–water partition coefficient (Wildman–Crippen LogP) is 3.16. The number of esters is 1. The van der Waals surface area contributed by atoms with Crippen molar-refractivity contribution >= 4 is 46.9 Å². The summed E-state index contributed by atoms with van der Waals surface area (Å²) < 4.78 is 15.8. The summed E-state index contributed by atoms with van der Waals surface area (Å²) in [6.07, 6.45) is 1.62. The first-order valence-corrected chi connectivity index (χ1v) is 9.67. The Morgan fingerprint density at radius 2 is 1.97 bits per heavy atom. The van der Waals surface area contributed by atoms with Crippen LogP contribution in [0.1, 0.15) is 11.1 Å². The molecule has 0 aliphatic carbocycles. The van der Waals surface area contributed by atoms with Gasteiger partial charge in [-0.15, -0.1) is 0 Å². The third-order valence-corrected chi connectivity index (χ3v) is 5.01. The van der Waals surface area contributed by atoms with Crippen LogP contribution in [0.3, 0.4) is 0 Å². The van der Waals surface area contributed by atoms with Crippen LogP contribution in [0.25, 0.3) is 6.08 Å². The number of rotatable bonds is 7. The van der Waals surface area contributed by atoms with Crippen LogP contribution in [0, 0.1) is 0 Å². The van der Waals surface area contributed by atoms with E-state index in [4.69, 9.17) is 33.3 Å². The second kappa shape index (κ2) is 9.60. The lowest BCUT2D eigenvalue weighted by atomic mass is 10.1. The van der Waals surface area contributed by atoms with Crippen LogP contribution in [0.2, 0.25) is 5.02 Å². The summed E-state index contributed by atoms with van der Waals surface area (Å²) in [5, 5.41) is 3.57. The first-order chi connectivity index (χ1) is 14.4. The van der Waals surface area contributed by atoms with Gasteiger partial charge in [-0.25, -0.2) is 0 Å². The molecule has 3 rings (SSSR count). The summed E-state index contributed by atoms with van der Waals surface area (Å²) in [6, 6.07) is 12.7. The first kappa shape index (κ1) is 21.6. The third-order valence-electron chi connectivity index (χ3n) is 4.32. The van der Waals surface area contributed by atoms with E-state index < -0.39 is 11.9 Å². The molecule has 2 aromatic carbocycles. The second-order valence-electron chi connectivity index (χ2n) is 6.25. The minimum absolute atomic E-state index is 0.142. The molecule has 1 N–H and O–H groups in total. The molecule has 0 saturated carbocycles. The van der Waals surface area contributed by atoms with Gasteiger partial charge in [0.2, 0.25) is 0 Å². The Bertz CT molecular complexity index is 1020. The first-order valence-electron chi connectivity index (χ1n) is 8.88. The van der Waals surface area contributed by atoms with Crippen molar-refractivity contribution < 1.29 is 23.8 Å². The molecule has 1 amide bonds. The van der Waals surface area contributed by atoms with Crippen molar-refractivity contribution in [3.05, 3.63) is 64.3 Å². The van der Waals surface area contributed by atoms with E-state index in [0.717, 1.165) is 10.5 Å². The zero-order valence-electron chi connectivity index (χ0n) is 16.3. The summed E-state index contributed by atoms with van der Waals surface area (Å²) >= 11 is 11.3. The van der Waals surface area contributed by atoms with Crippen LogP contribution >= 0.6 is 23.8 Å². The van der Waals surface area contributed by atoms with E-state index in [-0.39, 0.29) is 24.0 Å². The lowest BCUT2D eigenvalue weighted by Crippen LogP contribution is -2.35. The number of thiocarbonyl (C=S) groups is 1. The fourth-order valence-corrected chi connectivity index (χ4v) is 3.19. The highest BCUT2D eigenvalue weighted by Crippen LogP contribution is 2.30. The Morgan fingerprint density at radius 3 is 2.67 bits per heavy atom. The number of halogens is 1. The molecular formula is C21H19ClN2O5S. The van der Waals surface area contributed by atoms with Crippen molar-refractivity contribution in [3.63, 3.8) is 0 Å². The number of ether oxygens (including phenoxy) is 3. The summed E-state index contributed by atoms with van der Waals surface area (Å²) in [7, 11) is 2.78. The number of carbonyl (C=O) groups excluding carboxylic acids is 2. The van der Waals surface area contributed by atoms with E-state index in [1.165, 1.54) is 14.2 Å². The topological polar surface area (TPSA) is 77.1 Å². The molecule has 156 valence electrons. The number of nitrogens with one attached hydrogen (secondary N) is 1. The van der Waals surface area contributed by atoms with Crippen molar-refractivity contribution in [2.75, 3.05) is 20.8 Å². The van der Waals surface area contributed by atoms with Gasteiger partial charge in [-0.05, 0) is 42.1 Å². The molecule has 30 heavy (non-hydrogen) atoms. The number of nitrogens with zero attached hydrogens (tertiary/aromatic N) is 1. The fourth-order valence-electron chi connectivity index (χ4n) is 2.74. The maximum Gasteiger partial charge on any atom is 0.325 e. The van der Waals surface area contributed by atoms with E-state index in [0.29, 0.717) is 22.1 Å². The lowest BCUT2D eigenvalue weighted by molar-refractivity contribution is -0.143. The molecule has 1 saturated heterocycles. The monoisotopic (exact) mass is 446 g/mol. The molecule has 9 heteroatoms. The number of carbonyl (C=O) groups is 2. The molecule has 1 aliphatic rings. The van der Waals surface area contributed by atoms with Crippen molar-refractivity contribution in [3.8, 4) is 11.5 Å². The Morgan fingerprint density at radius 1 is 1.20 bits per heavy atom. The minimum atomic E-state index is -0.560. The van der Waals surface area contributed by atoms with Crippen LogP contribution in [0.4, 0.5) is 0 Å². The largest absolute Gasteiger partial charge is 0.493 e. The van der Waals surface area contributed by atoms with Gasteiger partial charge >= 0.3 is 5.97 Å². The molecule has 0 atom stereocenters.